The summed E-state index contributed by atoms with van der Waals surface area (Å²) >= 11 is 12.3. The van der Waals surface area contributed by atoms with Gasteiger partial charge in [-0.05, 0) is 36.4 Å². The molecule has 3 rings (SSSR count). The molecule has 3 aromatic rings. The van der Waals surface area contributed by atoms with Crippen LogP contribution in [0.25, 0.3) is 10.9 Å². The Morgan fingerprint density at radius 1 is 1.07 bits per heavy atom. The molecule has 9 heteroatoms. The van der Waals surface area contributed by atoms with Crippen molar-refractivity contribution in [3.05, 3.63) is 64.3 Å². The minimum Gasteiger partial charge on any atom is -0.419 e. The van der Waals surface area contributed by atoms with Crippen LogP contribution >= 0.6 is 23.2 Å². The van der Waals surface area contributed by atoms with E-state index in [9.17, 15) is 13.2 Å². The molecular weight excluding hydrogens is 411 g/mol. The molecule has 0 amide bonds. The van der Waals surface area contributed by atoms with E-state index in [1.165, 1.54) is 50.6 Å². The summed E-state index contributed by atoms with van der Waals surface area (Å²) in [5, 5.41) is 1.08. The average molecular weight is 425 g/mol. The lowest BCUT2D eigenvalue weighted by Gasteiger charge is -2.13. The second-order valence-electron chi connectivity index (χ2n) is 5.77. The number of halogens is 2. The fraction of sp³-hybridized carbons (Fsp3) is 0.111. The van der Waals surface area contributed by atoms with Crippen LogP contribution in [0.15, 0.2) is 53.6 Å². The molecule has 0 radical (unpaired) electrons. The number of nitrogens with zero attached hydrogens (tertiary/aromatic N) is 2. The Labute approximate surface area is 166 Å². The molecule has 27 heavy (non-hydrogen) atoms. The number of ether oxygens (including phenoxy) is 1. The third-order valence-corrected chi connectivity index (χ3v) is 6.20. The largest absolute Gasteiger partial charge is 0.419 e. The van der Waals surface area contributed by atoms with E-state index >= 15 is 0 Å². The van der Waals surface area contributed by atoms with Crippen molar-refractivity contribution in [3.63, 3.8) is 0 Å². The van der Waals surface area contributed by atoms with Gasteiger partial charge in [-0.15, -0.1) is 0 Å². The quantitative estimate of drug-likeness (QED) is 0.466. The summed E-state index contributed by atoms with van der Waals surface area (Å²) in [5.41, 5.74) is 0.397. The first-order valence-electron chi connectivity index (χ1n) is 7.69. The summed E-state index contributed by atoms with van der Waals surface area (Å²) in [6.07, 6.45) is 1.52. The topological polar surface area (TPSA) is 76.6 Å². The first-order valence-corrected chi connectivity index (χ1v) is 9.89. The smallest absolute Gasteiger partial charge is 0.343 e. The van der Waals surface area contributed by atoms with Gasteiger partial charge >= 0.3 is 5.97 Å². The van der Waals surface area contributed by atoms with Gasteiger partial charge in [0.1, 0.15) is 5.52 Å². The van der Waals surface area contributed by atoms with Gasteiger partial charge in [0.05, 0.1) is 20.5 Å². The van der Waals surface area contributed by atoms with Crippen molar-refractivity contribution in [2.75, 3.05) is 14.1 Å². The highest BCUT2D eigenvalue weighted by Gasteiger charge is 2.21. The molecule has 0 atom stereocenters. The number of pyridine rings is 1. The molecule has 0 bridgehead atoms. The molecule has 140 valence electrons. The van der Waals surface area contributed by atoms with Gasteiger partial charge in [0.15, 0.2) is 5.75 Å². The summed E-state index contributed by atoms with van der Waals surface area (Å²) in [6, 6.07) is 10.5. The highest BCUT2D eigenvalue weighted by atomic mass is 35.5. The molecule has 1 aromatic heterocycles. The summed E-state index contributed by atoms with van der Waals surface area (Å²) < 4.78 is 31.0. The molecule has 0 aliphatic heterocycles. The molecule has 0 aliphatic carbocycles. The van der Waals surface area contributed by atoms with E-state index in [-0.39, 0.29) is 21.2 Å². The van der Waals surface area contributed by atoms with Crippen molar-refractivity contribution in [2.45, 2.75) is 4.90 Å². The summed E-state index contributed by atoms with van der Waals surface area (Å²) in [7, 11) is -0.868. The Hall–Kier alpha value is -2.19. The zero-order valence-corrected chi connectivity index (χ0v) is 16.6. The first-order chi connectivity index (χ1) is 12.7. The van der Waals surface area contributed by atoms with Crippen LogP contribution in [-0.2, 0) is 10.0 Å². The molecule has 0 N–H and O–H groups in total. The van der Waals surface area contributed by atoms with Gasteiger partial charge in [-0.25, -0.2) is 17.5 Å². The third kappa shape index (κ3) is 3.77. The zero-order chi connectivity index (χ0) is 19.8. The van der Waals surface area contributed by atoms with E-state index < -0.39 is 16.0 Å². The van der Waals surface area contributed by atoms with E-state index in [4.69, 9.17) is 27.9 Å². The van der Waals surface area contributed by atoms with Crippen molar-refractivity contribution in [1.82, 2.24) is 9.29 Å². The van der Waals surface area contributed by atoms with Crippen LogP contribution in [0.5, 0.6) is 5.75 Å². The van der Waals surface area contributed by atoms with Crippen molar-refractivity contribution in [1.29, 1.82) is 0 Å². The van der Waals surface area contributed by atoms with Crippen molar-refractivity contribution in [2.24, 2.45) is 0 Å². The number of fused-ring (bicyclic) bond motifs is 1. The van der Waals surface area contributed by atoms with E-state index in [2.05, 4.69) is 4.98 Å². The predicted molar refractivity (Wildman–Crippen MR) is 104 cm³/mol. The van der Waals surface area contributed by atoms with Gasteiger partial charge in [0, 0.05) is 25.7 Å². The second-order valence-corrected chi connectivity index (χ2v) is 8.74. The number of carbonyl (C=O) groups excluding carboxylic acids is 1. The van der Waals surface area contributed by atoms with E-state index in [1.54, 1.807) is 12.1 Å². The van der Waals surface area contributed by atoms with Crippen LogP contribution in [0.4, 0.5) is 0 Å². The Kier molecular flexibility index (Phi) is 5.39. The molecule has 0 fully saturated rings. The van der Waals surface area contributed by atoms with E-state index in [0.717, 1.165) is 4.31 Å². The number of sulfonamides is 1. The van der Waals surface area contributed by atoms with Crippen LogP contribution in [0, 0.1) is 0 Å². The summed E-state index contributed by atoms with van der Waals surface area (Å²) in [5.74, 6) is -0.704. The molecule has 0 saturated carbocycles. The van der Waals surface area contributed by atoms with Crippen molar-refractivity contribution >= 4 is 50.1 Å². The van der Waals surface area contributed by atoms with Gasteiger partial charge in [0.2, 0.25) is 10.0 Å². The molecule has 1 heterocycles. The Morgan fingerprint density at radius 3 is 2.52 bits per heavy atom. The molecule has 0 saturated heterocycles. The fourth-order valence-electron chi connectivity index (χ4n) is 2.39. The monoisotopic (exact) mass is 424 g/mol. The maximum absolute atomic E-state index is 12.6. The molecule has 0 spiro atoms. The van der Waals surface area contributed by atoms with Gasteiger partial charge in [-0.1, -0.05) is 29.3 Å². The zero-order valence-electron chi connectivity index (χ0n) is 14.3. The number of aromatic nitrogens is 1. The van der Waals surface area contributed by atoms with Gasteiger partial charge in [0.25, 0.3) is 0 Å². The standard InChI is InChI=1S/C18H14Cl2N2O4S/c1-22(2)27(24,25)12-6-3-5-11(9-12)18(23)26-17-15(20)10-14(19)13-7-4-8-21-16(13)17/h3-10H,1-2H3. The third-order valence-electron chi connectivity index (χ3n) is 3.79. The fourth-order valence-corrected chi connectivity index (χ4v) is 3.89. The van der Waals surface area contributed by atoms with Gasteiger partial charge in [-0.3, -0.25) is 4.98 Å². The normalized spacial score (nSPS) is 11.7. The number of hydrogen-bond donors (Lipinski definition) is 0. The maximum atomic E-state index is 12.6. The molecule has 2 aromatic carbocycles. The van der Waals surface area contributed by atoms with Crippen LogP contribution in [0.1, 0.15) is 10.4 Å². The van der Waals surface area contributed by atoms with Crippen LogP contribution in [0.2, 0.25) is 10.0 Å². The summed E-state index contributed by atoms with van der Waals surface area (Å²) in [4.78, 5) is 16.8. The van der Waals surface area contributed by atoms with Gasteiger partial charge in [-0.2, -0.15) is 0 Å². The second kappa shape index (κ2) is 7.44. The maximum Gasteiger partial charge on any atom is 0.343 e. The lowest BCUT2D eigenvalue weighted by Crippen LogP contribution is -2.22. The average Bonchev–Trinajstić information content (AvgIpc) is 2.65. The van der Waals surface area contributed by atoms with Crippen LogP contribution < -0.4 is 4.74 Å². The van der Waals surface area contributed by atoms with E-state index in [0.29, 0.717) is 15.9 Å². The highest BCUT2D eigenvalue weighted by Crippen LogP contribution is 2.37. The van der Waals surface area contributed by atoms with Crippen molar-refractivity contribution in [3.8, 4) is 5.75 Å². The SMILES string of the molecule is CN(C)S(=O)(=O)c1cccc(C(=O)Oc2c(Cl)cc(Cl)c3cccnc23)c1. The lowest BCUT2D eigenvalue weighted by atomic mass is 10.2. The van der Waals surface area contributed by atoms with Gasteiger partial charge < -0.3 is 4.74 Å². The van der Waals surface area contributed by atoms with Crippen LogP contribution in [0.3, 0.4) is 0 Å². The number of rotatable bonds is 4. The minimum absolute atomic E-state index is 0.0212. The Bertz CT molecular complexity index is 1150. The Balaban J connectivity index is 2.02. The molecule has 0 unspecified atom stereocenters. The van der Waals surface area contributed by atoms with Crippen molar-refractivity contribution < 1.29 is 17.9 Å². The number of benzene rings is 2. The molecular formula is C18H14Cl2N2O4S. The minimum atomic E-state index is -3.68. The number of esters is 1. The highest BCUT2D eigenvalue weighted by molar-refractivity contribution is 7.89. The Morgan fingerprint density at radius 2 is 1.81 bits per heavy atom. The number of carbonyl (C=O) groups is 1. The molecule has 0 aliphatic rings. The molecule has 6 nitrogen and oxygen atoms in total. The summed E-state index contributed by atoms with van der Waals surface area (Å²) in [6.45, 7) is 0. The van der Waals surface area contributed by atoms with E-state index in [1.807, 2.05) is 0 Å². The first kappa shape index (κ1) is 19.6. The van der Waals surface area contributed by atoms with Crippen LogP contribution in [-0.4, -0.2) is 37.8 Å². The predicted octanol–water partition coefficient (Wildman–Crippen LogP) is 4.01. The lowest BCUT2D eigenvalue weighted by molar-refractivity contribution is 0.0736. The number of hydrogen-bond acceptors (Lipinski definition) is 5.